The maximum absolute atomic E-state index is 13.8. The van der Waals surface area contributed by atoms with Gasteiger partial charge in [-0.05, 0) is 42.4 Å². The van der Waals surface area contributed by atoms with Gasteiger partial charge in [0.1, 0.15) is 6.10 Å². The molecule has 34 heavy (non-hydrogen) atoms. The van der Waals surface area contributed by atoms with Gasteiger partial charge >= 0.3 is 6.80 Å². The third-order valence-electron chi connectivity index (χ3n) is 6.80. The smallest absolute Gasteiger partial charge is 0.389 e. The van der Waals surface area contributed by atoms with Gasteiger partial charge in [-0.2, -0.15) is 0 Å². The van der Waals surface area contributed by atoms with Gasteiger partial charge in [0, 0.05) is 38.9 Å². The van der Waals surface area contributed by atoms with Gasteiger partial charge in [-0.1, -0.05) is 27.7 Å². The highest BCUT2D eigenvalue weighted by atomic mass is 32.7. The van der Waals surface area contributed by atoms with Crippen LogP contribution in [0.4, 0.5) is 0 Å². The normalized spacial score (nSPS) is 27.6. The summed E-state index contributed by atoms with van der Waals surface area (Å²) in [5.41, 5.74) is 0. The number of nitrogens with zero attached hydrogens (tertiary/aromatic N) is 1. The van der Waals surface area contributed by atoms with Crippen LogP contribution in [0.3, 0.4) is 0 Å². The summed E-state index contributed by atoms with van der Waals surface area (Å²) < 4.78 is 44.0. The van der Waals surface area contributed by atoms with Gasteiger partial charge in [0.2, 0.25) is 5.91 Å². The van der Waals surface area contributed by atoms with Gasteiger partial charge in [-0.15, -0.1) is 0 Å². The van der Waals surface area contributed by atoms with Gasteiger partial charge < -0.3 is 13.9 Å². The number of hydroxylamine groups is 2. The molecule has 2 fully saturated rings. The van der Waals surface area contributed by atoms with Crippen LogP contribution in [-0.4, -0.2) is 83.4 Å². The van der Waals surface area contributed by atoms with Crippen LogP contribution in [0.1, 0.15) is 53.4 Å². The van der Waals surface area contributed by atoms with E-state index in [9.17, 15) is 9.36 Å². The van der Waals surface area contributed by atoms with Crippen molar-refractivity contribution in [3.8, 4) is 0 Å². The van der Waals surface area contributed by atoms with Crippen molar-refractivity contribution >= 4 is 32.4 Å². The van der Waals surface area contributed by atoms with Crippen molar-refractivity contribution in [3.05, 3.63) is 0 Å². The standard InChI is InChI=1S/C22H44NO8PSSi/c1-9-17-18(10-13-27-17)30-32(25,33-15-12-21(24)23(5)26-6)29-16-20-19(11-14-28-20)31-34(7,8)22(2,3)4/h17-20H,9-16H2,1-8H3/t17-,18?,19?,20-,32+/m1/s1. The van der Waals surface area contributed by atoms with Crippen LogP contribution in [-0.2, 0) is 37.1 Å². The van der Waals surface area contributed by atoms with E-state index in [2.05, 4.69) is 33.9 Å². The Morgan fingerprint density at radius 1 is 1.15 bits per heavy atom. The number of carbonyl (C=O) groups excluding carboxylic acids is 1. The minimum Gasteiger partial charge on any atom is -0.411 e. The molecular weight excluding hydrogens is 497 g/mol. The fourth-order valence-corrected chi connectivity index (χ4v) is 8.37. The van der Waals surface area contributed by atoms with Crippen molar-refractivity contribution in [1.82, 2.24) is 5.06 Å². The van der Waals surface area contributed by atoms with Crippen molar-refractivity contribution in [1.29, 1.82) is 0 Å². The lowest BCUT2D eigenvalue weighted by Crippen LogP contribution is -2.46. The summed E-state index contributed by atoms with van der Waals surface area (Å²) in [6.45, 7) is 10.7. The monoisotopic (exact) mass is 541 g/mol. The molecule has 2 heterocycles. The first kappa shape index (κ1) is 30.3. The maximum Gasteiger partial charge on any atom is 0.389 e. The lowest BCUT2D eigenvalue weighted by Gasteiger charge is -2.39. The molecule has 2 aliphatic rings. The average Bonchev–Trinajstić information content (AvgIpc) is 3.39. The minimum absolute atomic E-state index is 0.0782. The van der Waals surface area contributed by atoms with Gasteiger partial charge in [0.25, 0.3) is 0 Å². The summed E-state index contributed by atoms with van der Waals surface area (Å²) in [6.07, 6.45) is 1.53. The summed E-state index contributed by atoms with van der Waals surface area (Å²) in [5.74, 6) is 0.0722. The number of ether oxygens (including phenoxy) is 2. The molecule has 2 unspecified atom stereocenters. The van der Waals surface area contributed by atoms with E-state index in [-0.39, 0.29) is 54.1 Å². The van der Waals surface area contributed by atoms with E-state index >= 15 is 0 Å². The molecule has 2 aliphatic heterocycles. The van der Waals surface area contributed by atoms with Crippen molar-refractivity contribution in [2.24, 2.45) is 0 Å². The molecule has 0 saturated carbocycles. The third-order valence-corrected chi connectivity index (χ3v) is 15.1. The van der Waals surface area contributed by atoms with Crippen LogP contribution >= 0.6 is 18.2 Å². The van der Waals surface area contributed by atoms with Crippen molar-refractivity contribution in [3.63, 3.8) is 0 Å². The summed E-state index contributed by atoms with van der Waals surface area (Å²) in [5, 5.41) is 1.23. The predicted octanol–water partition coefficient (Wildman–Crippen LogP) is 5.02. The maximum atomic E-state index is 13.8. The van der Waals surface area contributed by atoms with E-state index in [1.54, 1.807) is 7.05 Å². The zero-order valence-corrected chi connectivity index (χ0v) is 24.7. The highest BCUT2D eigenvalue weighted by molar-refractivity contribution is 8.55. The van der Waals surface area contributed by atoms with E-state index in [0.29, 0.717) is 19.6 Å². The second kappa shape index (κ2) is 13.0. The molecule has 2 saturated heterocycles. The first-order valence-corrected chi connectivity index (χ1v) is 18.1. The number of hydrogen-bond acceptors (Lipinski definition) is 9. The second-order valence-corrected chi connectivity index (χ2v) is 19.2. The first-order valence-electron chi connectivity index (χ1n) is 12.1. The van der Waals surface area contributed by atoms with Crippen molar-refractivity contribution in [2.75, 3.05) is 39.7 Å². The number of hydrogen-bond donors (Lipinski definition) is 0. The molecule has 0 N–H and O–H groups in total. The van der Waals surface area contributed by atoms with Gasteiger partial charge in [0.05, 0.1) is 32.0 Å². The minimum atomic E-state index is -3.58. The fraction of sp³-hybridized carbons (Fsp3) is 0.955. The SMILES string of the molecule is CC[C@H]1OCCC1O[P@](=O)(OC[C@H]1OCCC1O[Si](C)(C)C(C)(C)C)SCCC(=O)N(C)OC. The quantitative estimate of drug-likeness (QED) is 0.181. The van der Waals surface area contributed by atoms with Gasteiger partial charge in [-0.25, -0.2) is 9.63 Å². The zero-order valence-electron chi connectivity index (χ0n) is 22.0. The van der Waals surface area contributed by atoms with E-state index in [1.807, 2.05) is 6.92 Å². The summed E-state index contributed by atoms with van der Waals surface area (Å²) >= 11 is 1.05. The highest BCUT2D eigenvalue weighted by Crippen LogP contribution is 2.62. The van der Waals surface area contributed by atoms with Crippen molar-refractivity contribution in [2.45, 2.75) is 95.9 Å². The van der Waals surface area contributed by atoms with Crippen LogP contribution in [0.2, 0.25) is 18.1 Å². The topological polar surface area (TPSA) is 92.8 Å². The summed E-state index contributed by atoms with van der Waals surface area (Å²) in [7, 11) is 0.981. The zero-order chi connectivity index (χ0) is 25.6. The van der Waals surface area contributed by atoms with E-state index in [0.717, 1.165) is 29.3 Å². The Hall–Kier alpha value is 0.0269. The molecule has 0 spiro atoms. The second-order valence-electron chi connectivity index (χ2n) is 10.3. The number of carbonyl (C=O) groups is 1. The molecule has 0 aromatic carbocycles. The van der Waals surface area contributed by atoms with Gasteiger partial charge in [-0.3, -0.25) is 18.7 Å². The van der Waals surface area contributed by atoms with Crippen LogP contribution < -0.4 is 0 Å². The molecule has 200 valence electrons. The van der Waals surface area contributed by atoms with Crippen LogP contribution in [0.15, 0.2) is 0 Å². The summed E-state index contributed by atoms with van der Waals surface area (Å²) in [4.78, 5) is 17.0. The molecule has 2 rings (SSSR count). The van der Waals surface area contributed by atoms with Crippen LogP contribution in [0.5, 0.6) is 0 Å². The molecule has 0 aromatic heterocycles. The molecule has 0 aliphatic carbocycles. The molecule has 1 amide bonds. The van der Waals surface area contributed by atoms with E-state index in [1.165, 1.54) is 7.11 Å². The Morgan fingerprint density at radius 2 is 1.76 bits per heavy atom. The average molecular weight is 542 g/mol. The van der Waals surface area contributed by atoms with Gasteiger partial charge in [0.15, 0.2) is 8.32 Å². The van der Waals surface area contributed by atoms with E-state index in [4.69, 9.17) is 27.8 Å². The van der Waals surface area contributed by atoms with Crippen molar-refractivity contribution < 1.29 is 37.1 Å². The Bertz CT molecular complexity index is 707. The fourth-order valence-electron chi connectivity index (χ4n) is 3.54. The lowest BCUT2D eigenvalue weighted by molar-refractivity contribution is -0.168. The number of rotatable bonds is 13. The molecular formula is C22H44NO8PSSi. The first-order chi connectivity index (χ1) is 15.8. The molecule has 12 heteroatoms. The third kappa shape index (κ3) is 8.56. The predicted molar refractivity (Wildman–Crippen MR) is 136 cm³/mol. The molecule has 0 radical (unpaired) electrons. The molecule has 5 atom stereocenters. The molecule has 0 aromatic rings. The Kier molecular flexibility index (Phi) is 11.6. The molecule has 0 bridgehead atoms. The summed E-state index contributed by atoms with van der Waals surface area (Å²) in [6, 6.07) is 0. The Labute approximate surface area is 210 Å². The largest absolute Gasteiger partial charge is 0.411 e. The van der Waals surface area contributed by atoms with Crippen LogP contribution in [0.25, 0.3) is 0 Å². The molecule has 9 nitrogen and oxygen atoms in total. The Balaban J connectivity index is 2.03. The highest BCUT2D eigenvalue weighted by Gasteiger charge is 2.44. The Morgan fingerprint density at radius 3 is 2.35 bits per heavy atom. The lowest BCUT2D eigenvalue weighted by atomic mass is 10.1. The number of amides is 1. The van der Waals surface area contributed by atoms with E-state index < -0.39 is 15.1 Å². The van der Waals surface area contributed by atoms with Crippen LogP contribution in [0, 0.1) is 0 Å².